The van der Waals surface area contributed by atoms with Crippen LogP contribution in [-0.2, 0) is 0 Å². The van der Waals surface area contributed by atoms with Gasteiger partial charge in [-0.25, -0.2) is 0 Å². The van der Waals surface area contributed by atoms with Crippen LogP contribution in [0, 0.1) is 0 Å². The molecule has 0 aliphatic rings. The highest BCUT2D eigenvalue weighted by molar-refractivity contribution is 5.88. The van der Waals surface area contributed by atoms with Crippen molar-refractivity contribution in [1.82, 2.24) is 5.32 Å². The second kappa shape index (κ2) is 5.40. The third-order valence-corrected chi connectivity index (χ3v) is 3.41. The van der Waals surface area contributed by atoms with Gasteiger partial charge in [-0.3, -0.25) is 0 Å². The van der Waals surface area contributed by atoms with Gasteiger partial charge in [0.2, 0.25) is 0 Å². The van der Waals surface area contributed by atoms with Gasteiger partial charge in [-0.2, -0.15) is 0 Å². The first-order valence-electron chi connectivity index (χ1n) is 6.42. The maximum atomic E-state index is 5.92. The predicted octanol–water partition coefficient (Wildman–Crippen LogP) is 3.61. The van der Waals surface area contributed by atoms with Gasteiger partial charge in [0.1, 0.15) is 5.75 Å². The molecule has 0 heterocycles. The van der Waals surface area contributed by atoms with Crippen LogP contribution in [-0.4, -0.2) is 19.2 Å². The molecule has 0 unspecified atom stereocenters. The number of ether oxygens (including phenoxy) is 1. The van der Waals surface area contributed by atoms with E-state index in [2.05, 4.69) is 43.4 Å². The maximum Gasteiger partial charge on any atom is 0.127 e. The highest BCUT2D eigenvalue weighted by atomic mass is 16.5. The molecule has 2 nitrogen and oxygen atoms in total. The van der Waals surface area contributed by atoms with E-state index in [-0.39, 0.29) is 5.54 Å². The van der Waals surface area contributed by atoms with Crippen molar-refractivity contribution >= 4 is 10.8 Å². The molecule has 0 saturated carbocycles. The maximum absolute atomic E-state index is 5.92. The van der Waals surface area contributed by atoms with Crippen LogP contribution in [0.2, 0.25) is 0 Å². The summed E-state index contributed by atoms with van der Waals surface area (Å²) in [6.45, 7) is 5.08. The molecule has 0 bridgehead atoms. The van der Waals surface area contributed by atoms with Crippen molar-refractivity contribution in [2.45, 2.75) is 25.8 Å². The van der Waals surface area contributed by atoms with Gasteiger partial charge < -0.3 is 10.1 Å². The van der Waals surface area contributed by atoms with Crippen LogP contribution >= 0.6 is 0 Å². The summed E-state index contributed by atoms with van der Waals surface area (Å²) in [5.41, 5.74) is 0.116. The Kier molecular flexibility index (Phi) is 3.87. The van der Waals surface area contributed by atoms with Gasteiger partial charge in [-0.05, 0) is 38.8 Å². The number of hydrogen-bond donors (Lipinski definition) is 1. The Morgan fingerprint density at radius 3 is 2.56 bits per heavy atom. The highest BCUT2D eigenvalue weighted by Gasteiger charge is 2.14. The van der Waals surface area contributed by atoms with Gasteiger partial charge in [-0.15, -0.1) is 0 Å². The largest absolute Gasteiger partial charge is 0.493 e. The fourth-order valence-corrected chi connectivity index (χ4v) is 1.86. The molecule has 0 aliphatic heterocycles. The smallest absolute Gasteiger partial charge is 0.127 e. The summed E-state index contributed by atoms with van der Waals surface area (Å²) in [6, 6.07) is 14.5. The minimum absolute atomic E-state index is 0.116. The van der Waals surface area contributed by atoms with E-state index in [0.29, 0.717) is 0 Å². The van der Waals surface area contributed by atoms with Crippen molar-refractivity contribution in [3.63, 3.8) is 0 Å². The summed E-state index contributed by atoms with van der Waals surface area (Å²) in [6.07, 6.45) is 0.979. The zero-order valence-corrected chi connectivity index (χ0v) is 11.4. The second-order valence-electron chi connectivity index (χ2n) is 5.21. The van der Waals surface area contributed by atoms with Gasteiger partial charge in [0.05, 0.1) is 6.61 Å². The average Bonchev–Trinajstić information content (AvgIpc) is 2.39. The van der Waals surface area contributed by atoms with Crippen molar-refractivity contribution < 1.29 is 4.74 Å². The molecule has 0 fully saturated rings. The molecular formula is C16H21NO. The Morgan fingerprint density at radius 1 is 1.06 bits per heavy atom. The van der Waals surface area contributed by atoms with E-state index in [1.165, 1.54) is 10.8 Å². The molecule has 2 aromatic rings. The quantitative estimate of drug-likeness (QED) is 0.866. The van der Waals surface area contributed by atoms with Crippen LogP contribution < -0.4 is 10.1 Å². The first-order valence-corrected chi connectivity index (χ1v) is 6.42. The van der Waals surface area contributed by atoms with Crippen molar-refractivity contribution in [3.05, 3.63) is 42.5 Å². The Hall–Kier alpha value is -1.54. The summed E-state index contributed by atoms with van der Waals surface area (Å²) >= 11 is 0. The van der Waals surface area contributed by atoms with E-state index in [1.54, 1.807) is 0 Å². The second-order valence-corrected chi connectivity index (χ2v) is 5.21. The number of fused-ring (bicyclic) bond motifs is 1. The lowest BCUT2D eigenvalue weighted by molar-refractivity contribution is 0.258. The minimum atomic E-state index is 0.116. The topological polar surface area (TPSA) is 21.3 Å². The summed E-state index contributed by atoms with van der Waals surface area (Å²) in [7, 11) is 1.98. The molecule has 2 aromatic carbocycles. The third-order valence-electron chi connectivity index (χ3n) is 3.41. The molecule has 2 heteroatoms. The molecule has 0 amide bonds. The third kappa shape index (κ3) is 3.02. The highest BCUT2D eigenvalue weighted by Crippen LogP contribution is 2.25. The van der Waals surface area contributed by atoms with Crippen molar-refractivity contribution in [2.24, 2.45) is 0 Å². The lowest BCUT2D eigenvalue weighted by atomic mass is 10.0. The van der Waals surface area contributed by atoms with E-state index in [9.17, 15) is 0 Å². The summed E-state index contributed by atoms with van der Waals surface area (Å²) in [5, 5.41) is 5.69. The van der Waals surface area contributed by atoms with Gasteiger partial charge >= 0.3 is 0 Å². The van der Waals surface area contributed by atoms with Crippen LogP contribution in [0.1, 0.15) is 20.3 Å². The molecule has 1 N–H and O–H groups in total. The van der Waals surface area contributed by atoms with Gasteiger partial charge in [0, 0.05) is 10.9 Å². The Labute approximate surface area is 109 Å². The first kappa shape index (κ1) is 12.9. The predicted molar refractivity (Wildman–Crippen MR) is 77.2 cm³/mol. The minimum Gasteiger partial charge on any atom is -0.493 e. The zero-order valence-electron chi connectivity index (χ0n) is 11.4. The van der Waals surface area contributed by atoms with Crippen LogP contribution in [0.5, 0.6) is 5.75 Å². The zero-order chi connectivity index (χ0) is 13.0. The van der Waals surface area contributed by atoms with E-state index >= 15 is 0 Å². The van der Waals surface area contributed by atoms with Crippen molar-refractivity contribution in [1.29, 1.82) is 0 Å². The SMILES string of the molecule is CNC(C)(C)CCOc1cccc2ccccc12. The fraction of sp³-hybridized carbons (Fsp3) is 0.375. The normalized spacial score (nSPS) is 11.7. The van der Waals surface area contributed by atoms with Crippen LogP contribution in [0.25, 0.3) is 10.8 Å². The molecule has 2 rings (SSSR count). The van der Waals surface area contributed by atoms with Crippen molar-refractivity contribution in [2.75, 3.05) is 13.7 Å². The lowest BCUT2D eigenvalue weighted by Crippen LogP contribution is -2.37. The van der Waals surface area contributed by atoms with Gasteiger partial charge in [0.25, 0.3) is 0 Å². The Balaban J connectivity index is 2.08. The number of hydrogen-bond acceptors (Lipinski definition) is 2. The Bertz CT molecular complexity index is 514. The molecular weight excluding hydrogens is 222 g/mol. The summed E-state index contributed by atoms with van der Waals surface area (Å²) < 4.78 is 5.92. The summed E-state index contributed by atoms with van der Waals surface area (Å²) in [5.74, 6) is 0.972. The van der Waals surface area contributed by atoms with Crippen LogP contribution in [0.4, 0.5) is 0 Å². The van der Waals surface area contributed by atoms with E-state index in [0.717, 1.165) is 18.8 Å². The lowest BCUT2D eigenvalue weighted by Gasteiger charge is -2.23. The van der Waals surface area contributed by atoms with Crippen molar-refractivity contribution in [3.8, 4) is 5.75 Å². The molecule has 0 saturated heterocycles. The van der Waals surface area contributed by atoms with Crippen LogP contribution in [0.3, 0.4) is 0 Å². The fourth-order valence-electron chi connectivity index (χ4n) is 1.86. The van der Waals surface area contributed by atoms with Gasteiger partial charge in [-0.1, -0.05) is 36.4 Å². The van der Waals surface area contributed by atoms with Crippen LogP contribution in [0.15, 0.2) is 42.5 Å². The average molecular weight is 243 g/mol. The molecule has 0 aromatic heterocycles. The van der Waals surface area contributed by atoms with Gasteiger partial charge in [0.15, 0.2) is 0 Å². The molecule has 96 valence electrons. The summed E-state index contributed by atoms with van der Waals surface area (Å²) in [4.78, 5) is 0. The first-order chi connectivity index (χ1) is 8.62. The Morgan fingerprint density at radius 2 is 1.78 bits per heavy atom. The monoisotopic (exact) mass is 243 g/mol. The molecule has 0 spiro atoms. The van der Waals surface area contributed by atoms with E-state index in [4.69, 9.17) is 4.74 Å². The van der Waals surface area contributed by atoms with E-state index < -0.39 is 0 Å². The molecule has 18 heavy (non-hydrogen) atoms. The molecule has 0 radical (unpaired) electrons. The number of nitrogens with one attached hydrogen (secondary N) is 1. The molecule has 0 atom stereocenters. The van der Waals surface area contributed by atoms with E-state index in [1.807, 2.05) is 25.2 Å². The number of rotatable bonds is 5. The standard InChI is InChI=1S/C16H21NO/c1-16(2,17-3)11-12-18-15-10-6-8-13-7-4-5-9-14(13)15/h4-10,17H,11-12H2,1-3H3. The number of benzene rings is 2. The molecule has 0 aliphatic carbocycles.